The lowest BCUT2D eigenvalue weighted by molar-refractivity contribution is 0.0285. The molecule has 0 unspecified atom stereocenters. The van der Waals surface area contributed by atoms with E-state index in [4.69, 9.17) is 16.0 Å². The minimum Gasteiger partial charge on any atom is -0.489 e. The summed E-state index contributed by atoms with van der Waals surface area (Å²) in [6.45, 7) is 16.3. The molecular weight excluding hydrogens is 497 g/mol. The molecule has 2 aromatic heterocycles. The van der Waals surface area contributed by atoms with Crippen molar-refractivity contribution in [2.24, 2.45) is 5.92 Å². The quantitative estimate of drug-likeness (QED) is 0.270. The fourth-order valence-corrected chi connectivity index (χ4v) is 4.73. The summed E-state index contributed by atoms with van der Waals surface area (Å²) in [6.07, 6.45) is 2.09. The first-order chi connectivity index (χ1) is 18.6. The molecule has 5 rings (SSSR count). The highest BCUT2D eigenvalue weighted by Gasteiger charge is 2.30. The van der Waals surface area contributed by atoms with Crippen LogP contribution in [0.2, 0.25) is 0 Å². The standard InChI is InChI=1S/C30H30FN5O3/c1-19-6-8-21(9-7-19)27-23(22-10-11-25(32-5)24(31)14-22)15-26(28-34-33-18-36(27)28)38-17-20-12-13-35(16-20)29(37)39-30(2,3)4/h6-11,14-15,18,20H,12-13,16-17H2,1-4H3/t20-/m1/s1. The van der Waals surface area contributed by atoms with Gasteiger partial charge in [0.1, 0.15) is 17.7 Å². The number of fused-ring (bicyclic) bond motifs is 1. The van der Waals surface area contributed by atoms with E-state index in [9.17, 15) is 9.18 Å². The average molecular weight is 528 g/mol. The molecule has 8 nitrogen and oxygen atoms in total. The molecule has 0 saturated carbocycles. The Balaban J connectivity index is 1.49. The monoisotopic (exact) mass is 527 g/mol. The Bertz CT molecular complexity index is 1570. The number of halogens is 1. The molecule has 1 aliphatic rings. The number of pyridine rings is 1. The first-order valence-corrected chi connectivity index (χ1v) is 12.8. The zero-order chi connectivity index (χ0) is 27.7. The minimum atomic E-state index is -0.586. The zero-order valence-corrected chi connectivity index (χ0v) is 22.4. The van der Waals surface area contributed by atoms with E-state index < -0.39 is 11.4 Å². The maximum absolute atomic E-state index is 14.7. The molecule has 1 saturated heterocycles. The maximum Gasteiger partial charge on any atom is 0.410 e. The molecule has 0 N–H and O–H groups in total. The smallest absolute Gasteiger partial charge is 0.410 e. The fourth-order valence-electron chi connectivity index (χ4n) is 4.73. The van der Waals surface area contributed by atoms with Crippen LogP contribution < -0.4 is 4.74 Å². The lowest BCUT2D eigenvalue weighted by Crippen LogP contribution is -2.35. The number of carbonyl (C=O) groups excluding carboxylic acids is 1. The van der Waals surface area contributed by atoms with E-state index in [2.05, 4.69) is 15.0 Å². The van der Waals surface area contributed by atoms with Crippen LogP contribution in [0.4, 0.5) is 14.9 Å². The highest BCUT2D eigenvalue weighted by Crippen LogP contribution is 2.38. The number of benzene rings is 2. The van der Waals surface area contributed by atoms with Gasteiger partial charge in [-0.1, -0.05) is 42.0 Å². The molecule has 0 bridgehead atoms. The Morgan fingerprint density at radius 2 is 1.90 bits per heavy atom. The summed E-state index contributed by atoms with van der Waals surface area (Å²) >= 11 is 0. The third kappa shape index (κ3) is 5.55. The van der Waals surface area contributed by atoms with E-state index in [1.807, 2.05) is 62.4 Å². The van der Waals surface area contributed by atoms with E-state index >= 15 is 0 Å². The van der Waals surface area contributed by atoms with Gasteiger partial charge in [0, 0.05) is 24.6 Å². The summed E-state index contributed by atoms with van der Waals surface area (Å²) in [6, 6.07) is 14.5. The van der Waals surface area contributed by atoms with Crippen LogP contribution >= 0.6 is 0 Å². The molecular formula is C30H30FN5O3. The Morgan fingerprint density at radius 1 is 1.15 bits per heavy atom. The molecule has 4 aromatic rings. The summed E-state index contributed by atoms with van der Waals surface area (Å²) in [5.41, 5.74) is 4.09. The van der Waals surface area contributed by atoms with Crippen LogP contribution in [0.3, 0.4) is 0 Å². The summed E-state index contributed by atoms with van der Waals surface area (Å²) in [5.74, 6) is 0.0386. The van der Waals surface area contributed by atoms with Gasteiger partial charge in [-0.15, -0.1) is 10.2 Å². The highest BCUT2D eigenvalue weighted by atomic mass is 19.1. The topological polar surface area (TPSA) is 73.3 Å². The first-order valence-electron chi connectivity index (χ1n) is 12.8. The van der Waals surface area contributed by atoms with Gasteiger partial charge < -0.3 is 14.4 Å². The number of aryl methyl sites for hydroxylation is 1. The minimum absolute atomic E-state index is 0.0340. The van der Waals surface area contributed by atoms with E-state index in [1.165, 1.54) is 12.1 Å². The van der Waals surface area contributed by atoms with Crippen molar-refractivity contribution in [3.63, 3.8) is 0 Å². The van der Waals surface area contributed by atoms with Gasteiger partial charge in [0.05, 0.1) is 18.9 Å². The van der Waals surface area contributed by atoms with E-state index in [0.717, 1.165) is 28.8 Å². The van der Waals surface area contributed by atoms with Gasteiger partial charge in [-0.3, -0.25) is 4.40 Å². The van der Waals surface area contributed by atoms with Gasteiger partial charge in [-0.2, -0.15) is 0 Å². The van der Waals surface area contributed by atoms with Crippen molar-refractivity contribution in [2.75, 3.05) is 19.7 Å². The second-order valence-corrected chi connectivity index (χ2v) is 10.8. The Hall–Kier alpha value is -4.45. The van der Waals surface area contributed by atoms with Crippen molar-refractivity contribution in [3.8, 4) is 28.1 Å². The van der Waals surface area contributed by atoms with Gasteiger partial charge in [-0.05, 0) is 57.4 Å². The lowest BCUT2D eigenvalue weighted by Gasteiger charge is -2.24. The summed E-state index contributed by atoms with van der Waals surface area (Å²) < 4.78 is 28.4. The van der Waals surface area contributed by atoms with Gasteiger partial charge in [0.15, 0.2) is 5.75 Å². The first kappa shape index (κ1) is 26.2. The van der Waals surface area contributed by atoms with Gasteiger partial charge in [0.2, 0.25) is 11.3 Å². The fraction of sp³-hybridized carbons (Fsp3) is 0.333. The number of hydrogen-bond acceptors (Lipinski definition) is 5. The van der Waals surface area contributed by atoms with Crippen molar-refractivity contribution in [3.05, 3.63) is 77.7 Å². The molecule has 1 fully saturated rings. The van der Waals surface area contributed by atoms with Crippen LogP contribution in [0, 0.1) is 25.2 Å². The van der Waals surface area contributed by atoms with Crippen molar-refractivity contribution in [1.82, 2.24) is 19.5 Å². The Morgan fingerprint density at radius 3 is 2.59 bits per heavy atom. The van der Waals surface area contributed by atoms with Crippen LogP contribution in [0.15, 0.2) is 54.9 Å². The lowest BCUT2D eigenvalue weighted by atomic mass is 9.97. The Labute approximate surface area is 226 Å². The number of likely N-dealkylation sites (tertiary alicyclic amines) is 1. The molecule has 200 valence electrons. The van der Waals surface area contributed by atoms with Crippen molar-refractivity contribution >= 4 is 17.4 Å². The predicted molar refractivity (Wildman–Crippen MR) is 146 cm³/mol. The van der Waals surface area contributed by atoms with E-state index in [1.54, 1.807) is 17.3 Å². The third-order valence-electron chi connectivity index (χ3n) is 6.66. The number of aromatic nitrogens is 3. The molecule has 39 heavy (non-hydrogen) atoms. The maximum atomic E-state index is 14.7. The van der Waals surface area contributed by atoms with Gasteiger partial charge in [-0.25, -0.2) is 14.0 Å². The normalized spacial score (nSPS) is 15.4. The number of carbonyl (C=O) groups is 1. The summed E-state index contributed by atoms with van der Waals surface area (Å²) in [4.78, 5) is 17.4. The average Bonchev–Trinajstić information content (AvgIpc) is 3.57. The number of hydrogen-bond donors (Lipinski definition) is 0. The van der Waals surface area contributed by atoms with Crippen LogP contribution in [0.1, 0.15) is 32.8 Å². The van der Waals surface area contributed by atoms with Crippen LogP contribution in [-0.2, 0) is 4.74 Å². The molecule has 1 atom stereocenters. The number of nitrogens with zero attached hydrogens (tertiary/aromatic N) is 5. The van der Waals surface area contributed by atoms with Gasteiger partial charge in [0.25, 0.3) is 0 Å². The molecule has 0 aliphatic carbocycles. The van der Waals surface area contributed by atoms with Crippen LogP contribution in [0.5, 0.6) is 5.75 Å². The molecule has 1 aliphatic heterocycles. The molecule has 3 heterocycles. The van der Waals surface area contributed by atoms with E-state index in [-0.39, 0.29) is 17.7 Å². The van der Waals surface area contributed by atoms with Crippen molar-refractivity contribution in [1.29, 1.82) is 0 Å². The van der Waals surface area contributed by atoms with Crippen molar-refractivity contribution in [2.45, 2.75) is 39.7 Å². The van der Waals surface area contributed by atoms with Crippen molar-refractivity contribution < 1.29 is 18.7 Å². The molecule has 1 amide bonds. The SMILES string of the molecule is [C-]#[N+]c1ccc(-c2cc(OC[C@@H]3CCN(C(=O)OC(C)(C)C)C3)c3nncn3c2-c2ccc(C)cc2)cc1F. The van der Waals surface area contributed by atoms with Gasteiger partial charge >= 0.3 is 6.09 Å². The molecule has 9 heteroatoms. The molecule has 2 aromatic carbocycles. The molecule has 0 radical (unpaired) electrons. The number of rotatable bonds is 5. The van der Waals surface area contributed by atoms with E-state index in [0.29, 0.717) is 36.7 Å². The molecule has 0 spiro atoms. The second-order valence-electron chi connectivity index (χ2n) is 10.8. The third-order valence-corrected chi connectivity index (χ3v) is 6.66. The largest absolute Gasteiger partial charge is 0.489 e. The zero-order valence-electron chi connectivity index (χ0n) is 22.4. The van der Waals surface area contributed by atoms with Crippen LogP contribution in [-0.4, -0.2) is 50.9 Å². The second kappa shape index (κ2) is 10.4. The predicted octanol–water partition coefficient (Wildman–Crippen LogP) is 6.70. The van der Waals surface area contributed by atoms with Crippen LogP contribution in [0.25, 0.3) is 32.9 Å². The number of ether oxygens (including phenoxy) is 2. The summed E-state index contributed by atoms with van der Waals surface area (Å²) in [5, 5.41) is 8.46. The summed E-state index contributed by atoms with van der Waals surface area (Å²) in [7, 11) is 0. The Kier molecular flexibility index (Phi) is 6.96. The highest BCUT2D eigenvalue weighted by molar-refractivity contribution is 5.86. The number of amides is 1.